The molecule has 1 amide bonds. The minimum Gasteiger partial charge on any atom is -0.350 e. The molecule has 0 unspecified atom stereocenters. The first kappa shape index (κ1) is 14.6. The molecular formula is C14H23N3O. The highest BCUT2D eigenvalue weighted by molar-refractivity contribution is 5.75. The maximum Gasteiger partial charge on any atom is 0.220 e. The zero-order valence-corrected chi connectivity index (χ0v) is 11.4. The Morgan fingerprint density at radius 3 is 2.78 bits per heavy atom. The Balaban J connectivity index is 2.13. The smallest absolute Gasteiger partial charge is 0.220 e. The quantitative estimate of drug-likeness (QED) is 0.721. The SMILES string of the molecule is CCCCCCCC(=O)NCc1ccnc(C)n1. The van der Waals surface area contributed by atoms with Gasteiger partial charge >= 0.3 is 0 Å². The second-order valence-electron chi connectivity index (χ2n) is 4.54. The van der Waals surface area contributed by atoms with E-state index in [1.54, 1.807) is 6.20 Å². The number of carbonyl (C=O) groups excluding carboxylic acids is 1. The van der Waals surface area contributed by atoms with Gasteiger partial charge in [0.2, 0.25) is 5.91 Å². The van der Waals surface area contributed by atoms with Gasteiger partial charge in [0.05, 0.1) is 12.2 Å². The van der Waals surface area contributed by atoms with Gasteiger partial charge in [0.25, 0.3) is 0 Å². The van der Waals surface area contributed by atoms with Gasteiger partial charge in [-0.2, -0.15) is 0 Å². The van der Waals surface area contributed by atoms with Crippen molar-refractivity contribution in [3.8, 4) is 0 Å². The van der Waals surface area contributed by atoms with E-state index in [2.05, 4.69) is 22.2 Å². The van der Waals surface area contributed by atoms with E-state index in [1.165, 1.54) is 19.3 Å². The van der Waals surface area contributed by atoms with Gasteiger partial charge in [0, 0.05) is 12.6 Å². The van der Waals surface area contributed by atoms with Crippen LogP contribution in [-0.4, -0.2) is 15.9 Å². The van der Waals surface area contributed by atoms with Gasteiger partial charge in [-0.25, -0.2) is 9.97 Å². The molecule has 0 saturated carbocycles. The fraction of sp³-hybridized carbons (Fsp3) is 0.643. The zero-order chi connectivity index (χ0) is 13.2. The van der Waals surface area contributed by atoms with Crippen molar-refractivity contribution in [1.82, 2.24) is 15.3 Å². The van der Waals surface area contributed by atoms with Crippen LogP contribution in [0.3, 0.4) is 0 Å². The molecule has 0 atom stereocenters. The lowest BCUT2D eigenvalue weighted by molar-refractivity contribution is -0.121. The van der Waals surface area contributed by atoms with Gasteiger partial charge in [-0.05, 0) is 19.4 Å². The molecule has 0 aromatic carbocycles. The van der Waals surface area contributed by atoms with Crippen LogP contribution in [0.15, 0.2) is 12.3 Å². The summed E-state index contributed by atoms with van der Waals surface area (Å²) < 4.78 is 0. The molecule has 1 aromatic heterocycles. The average molecular weight is 249 g/mol. The predicted molar refractivity (Wildman–Crippen MR) is 72.0 cm³/mol. The van der Waals surface area contributed by atoms with Gasteiger partial charge in [0.1, 0.15) is 5.82 Å². The number of aromatic nitrogens is 2. The third kappa shape index (κ3) is 6.33. The number of nitrogens with zero attached hydrogens (tertiary/aromatic N) is 2. The van der Waals surface area contributed by atoms with Gasteiger partial charge in [-0.1, -0.05) is 32.6 Å². The lowest BCUT2D eigenvalue weighted by atomic mass is 10.1. The predicted octanol–water partition coefficient (Wildman–Crippen LogP) is 2.76. The maximum absolute atomic E-state index is 11.6. The number of hydrogen-bond acceptors (Lipinski definition) is 3. The molecule has 0 aliphatic heterocycles. The third-order valence-corrected chi connectivity index (χ3v) is 2.81. The number of unbranched alkanes of at least 4 members (excludes halogenated alkanes) is 4. The lowest BCUT2D eigenvalue weighted by Crippen LogP contribution is -2.23. The number of aryl methyl sites for hydroxylation is 1. The Morgan fingerprint density at radius 1 is 1.28 bits per heavy atom. The van der Waals surface area contributed by atoms with Crippen LogP contribution in [-0.2, 0) is 11.3 Å². The highest BCUT2D eigenvalue weighted by Crippen LogP contribution is 2.04. The summed E-state index contributed by atoms with van der Waals surface area (Å²) in [5, 5.41) is 2.89. The topological polar surface area (TPSA) is 54.9 Å². The summed E-state index contributed by atoms with van der Waals surface area (Å²) in [6.07, 6.45) is 8.20. The van der Waals surface area contributed by atoms with Crippen LogP contribution in [0.25, 0.3) is 0 Å². The Labute approximate surface area is 109 Å². The molecule has 0 aliphatic rings. The van der Waals surface area contributed by atoms with E-state index in [4.69, 9.17) is 0 Å². The number of nitrogens with one attached hydrogen (secondary N) is 1. The Morgan fingerprint density at radius 2 is 2.06 bits per heavy atom. The van der Waals surface area contributed by atoms with Gasteiger partial charge in [-0.3, -0.25) is 4.79 Å². The summed E-state index contributed by atoms with van der Waals surface area (Å²) in [6, 6.07) is 1.83. The minimum absolute atomic E-state index is 0.114. The standard InChI is InChI=1S/C14H23N3O/c1-3-4-5-6-7-8-14(18)16-11-13-9-10-15-12(2)17-13/h9-10H,3-8,11H2,1-2H3,(H,16,18). The largest absolute Gasteiger partial charge is 0.350 e. The Kier molecular flexibility index (Phi) is 6.99. The van der Waals surface area contributed by atoms with Crippen LogP contribution in [0.4, 0.5) is 0 Å². The molecule has 18 heavy (non-hydrogen) atoms. The van der Waals surface area contributed by atoms with Crippen LogP contribution < -0.4 is 5.32 Å². The van der Waals surface area contributed by atoms with Crippen molar-refractivity contribution in [2.24, 2.45) is 0 Å². The molecule has 1 aromatic rings. The monoisotopic (exact) mass is 249 g/mol. The van der Waals surface area contributed by atoms with E-state index < -0.39 is 0 Å². The molecule has 4 heteroatoms. The van der Waals surface area contributed by atoms with E-state index in [0.29, 0.717) is 13.0 Å². The third-order valence-electron chi connectivity index (χ3n) is 2.81. The van der Waals surface area contributed by atoms with E-state index in [-0.39, 0.29) is 5.91 Å². The fourth-order valence-electron chi connectivity index (χ4n) is 1.77. The zero-order valence-electron chi connectivity index (χ0n) is 11.4. The second-order valence-corrected chi connectivity index (χ2v) is 4.54. The van der Waals surface area contributed by atoms with Crippen LogP contribution in [0.5, 0.6) is 0 Å². The van der Waals surface area contributed by atoms with E-state index in [1.807, 2.05) is 13.0 Å². The number of carbonyl (C=O) groups is 1. The first-order valence-corrected chi connectivity index (χ1v) is 6.77. The lowest BCUT2D eigenvalue weighted by Gasteiger charge is -2.05. The molecule has 0 fully saturated rings. The maximum atomic E-state index is 11.6. The summed E-state index contributed by atoms with van der Waals surface area (Å²) in [7, 11) is 0. The molecule has 100 valence electrons. The molecule has 4 nitrogen and oxygen atoms in total. The van der Waals surface area contributed by atoms with Gasteiger partial charge < -0.3 is 5.32 Å². The van der Waals surface area contributed by atoms with Crippen LogP contribution in [0, 0.1) is 6.92 Å². The highest BCUT2D eigenvalue weighted by atomic mass is 16.1. The molecule has 0 spiro atoms. The van der Waals surface area contributed by atoms with Gasteiger partial charge in [-0.15, -0.1) is 0 Å². The molecular weight excluding hydrogens is 226 g/mol. The van der Waals surface area contributed by atoms with Crippen molar-refractivity contribution in [2.75, 3.05) is 0 Å². The summed E-state index contributed by atoms with van der Waals surface area (Å²) >= 11 is 0. The van der Waals surface area contributed by atoms with Crippen molar-refractivity contribution in [2.45, 2.75) is 58.9 Å². The molecule has 1 heterocycles. The summed E-state index contributed by atoms with van der Waals surface area (Å²) in [6.45, 7) is 4.53. The van der Waals surface area contributed by atoms with Crippen LogP contribution in [0.2, 0.25) is 0 Å². The van der Waals surface area contributed by atoms with E-state index >= 15 is 0 Å². The molecule has 1 N–H and O–H groups in total. The molecule has 0 radical (unpaired) electrons. The summed E-state index contributed by atoms with van der Waals surface area (Å²) in [5.41, 5.74) is 0.863. The first-order chi connectivity index (χ1) is 8.72. The summed E-state index contributed by atoms with van der Waals surface area (Å²) in [5.74, 6) is 0.851. The fourth-order valence-corrected chi connectivity index (χ4v) is 1.77. The molecule has 1 rings (SSSR count). The molecule has 0 bridgehead atoms. The number of hydrogen-bond donors (Lipinski definition) is 1. The second kappa shape index (κ2) is 8.61. The molecule has 0 aliphatic carbocycles. The van der Waals surface area contributed by atoms with E-state index in [0.717, 1.165) is 24.4 Å². The van der Waals surface area contributed by atoms with Crippen LogP contribution in [0.1, 0.15) is 57.0 Å². The van der Waals surface area contributed by atoms with Crippen LogP contribution >= 0.6 is 0 Å². The number of rotatable bonds is 8. The minimum atomic E-state index is 0.114. The highest BCUT2D eigenvalue weighted by Gasteiger charge is 2.02. The number of amides is 1. The normalized spacial score (nSPS) is 10.3. The van der Waals surface area contributed by atoms with E-state index in [9.17, 15) is 4.79 Å². The van der Waals surface area contributed by atoms with Crippen molar-refractivity contribution in [3.63, 3.8) is 0 Å². The van der Waals surface area contributed by atoms with Gasteiger partial charge in [0.15, 0.2) is 0 Å². The molecule has 0 saturated heterocycles. The Bertz CT molecular complexity index is 366. The van der Waals surface area contributed by atoms with Crippen molar-refractivity contribution < 1.29 is 4.79 Å². The van der Waals surface area contributed by atoms with Crippen molar-refractivity contribution >= 4 is 5.91 Å². The summed E-state index contributed by atoms with van der Waals surface area (Å²) in [4.78, 5) is 19.8. The van der Waals surface area contributed by atoms with Crippen molar-refractivity contribution in [1.29, 1.82) is 0 Å². The Hall–Kier alpha value is -1.45. The van der Waals surface area contributed by atoms with Crippen molar-refractivity contribution in [3.05, 3.63) is 23.8 Å². The average Bonchev–Trinajstić information content (AvgIpc) is 2.36. The first-order valence-electron chi connectivity index (χ1n) is 6.77.